The Morgan fingerprint density at radius 1 is 1.26 bits per heavy atom. The zero-order chi connectivity index (χ0) is 16.6. The number of carbonyl (C=O) groups excluding carboxylic acids is 1. The van der Waals surface area contributed by atoms with Gasteiger partial charge >= 0.3 is 0 Å². The molecule has 3 rings (SSSR count). The molecule has 1 aromatic rings. The largest absolute Gasteiger partial charge is 0.339 e. The van der Waals surface area contributed by atoms with Gasteiger partial charge in [-0.05, 0) is 43.4 Å². The first-order valence-corrected chi connectivity index (χ1v) is 9.30. The summed E-state index contributed by atoms with van der Waals surface area (Å²) in [6.07, 6.45) is 4.09. The van der Waals surface area contributed by atoms with Crippen LogP contribution in [-0.4, -0.2) is 24.8 Å². The zero-order valence-corrected chi connectivity index (χ0v) is 15.6. The third-order valence-electron chi connectivity index (χ3n) is 4.90. The molecule has 1 aromatic carbocycles. The summed E-state index contributed by atoms with van der Waals surface area (Å²) >= 11 is 3.54. The molecule has 0 radical (unpaired) electrons. The first-order chi connectivity index (χ1) is 11.1. The average molecular weight is 375 g/mol. The zero-order valence-electron chi connectivity index (χ0n) is 14.0. The van der Waals surface area contributed by atoms with Gasteiger partial charge in [0.2, 0.25) is 0 Å². The van der Waals surface area contributed by atoms with E-state index in [-0.39, 0.29) is 5.91 Å². The van der Waals surface area contributed by atoms with E-state index >= 15 is 0 Å². The Morgan fingerprint density at radius 2 is 1.96 bits per heavy atom. The second-order valence-corrected chi connectivity index (χ2v) is 7.13. The summed E-state index contributed by atoms with van der Waals surface area (Å²) < 4.78 is 0. The van der Waals surface area contributed by atoms with Crippen molar-refractivity contribution in [1.29, 1.82) is 0 Å². The number of likely N-dealkylation sites (N-methyl/N-ethyl adjacent to an activating group) is 1. The fourth-order valence-electron chi connectivity index (χ4n) is 3.40. The highest BCUT2D eigenvalue weighted by Gasteiger charge is 2.34. The van der Waals surface area contributed by atoms with Crippen LogP contribution in [0.25, 0.3) is 0 Å². The lowest BCUT2D eigenvalue weighted by Crippen LogP contribution is -2.31. The SMILES string of the molecule is CC1=C2C(=CCC1C)C(=O)N(C)c1ccccc1N2CCCBr. The number of alkyl halides is 1. The number of rotatable bonds is 3. The van der Waals surface area contributed by atoms with Gasteiger partial charge in [0.15, 0.2) is 0 Å². The van der Waals surface area contributed by atoms with Gasteiger partial charge in [-0.2, -0.15) is 0 Å². The molecule has 1 atom stereocenters. The van der Waals surface area contributed by atoms with Crippen molar-refractivity contribution in [2.24, 2.45) is 5.92 Å². The smallest absolute Gasteiger partial charge is 0.259 e. The molecule has 1 heterocycles. The summed E-state index contributed by atoms with van der Waals surface area (Å²) in [4.78, 5) is 17.1. The van der Waals surface area contributed by atoms with Gasteiger partial charge in [-0.15, -0.1) is 0 Å². The molecule has 0 saturated carbocycles. The first kappa shape index (κ1) is 16.3. The van der Waals surface area contributed by atoms with E-state index in [9.17, 15) is 4.79 Å². The van der Waals surface area contributed by atoms with Crippen molar-refractivity contribution in [2.45, 2.75) is 26.7 Å². The molecule has 23 heavy (non-hydrogen) atoms. The lowest BCUT2D eigenvalue weighted by atomic mass is 9.87. The van der Waals surface area contributed by atoms with Crippen LogP contribution >= 0.6 is 15.9 Å². The third kappa shape index (κ3) is 2.74. The summed E-state index contributed by atoms with van der Waals surface area (Å²) in [5.74, 6) is 0.573. The molecule has 1 aliphatic carbocycles. The number of anilines is 2. The summed E-state index contributed by atoms with van der Waals surface area (Å²) in [6, 6.07) is 8.20. The van der Waals surface area contributed by atoms with Crippen molar-refractivity contribution in [2.75, 3.05) is 28.7 Å². The quantitative estimate of drug-likeness (QED) is 0.727. The van der Waals surface area contributed by atoms with E-state index < -0.39 is 0 Å². The molecule has 122 valence electrons. The Hall–Kier alpha value is -1.55. The van der Waals surface area contributed by atoms with E-state index in [1.165, 1.54) is 5.57 Å². The monoisotopic (exact) mass is 374 g/mol. The van der Waals surface area contributed by atoms with Crippen LogP contribution in [0.1, 0.15) is 26.7 Å². The molecule has 0 saturated heterocycles. The van der Waals surface area contributed by atoms with Gasteiger partial charge in [0.25, 0.3) is 5.91 Å². The minimum absolute atomic E-state index is 0.0973. The Morgan fingerprint density at radius 3 is 2.65 bits per heavy atom. The molecule has 0 spiro atoms. The summed E-state index contributed by atoms with van der Waals surface area (Å²) in [5.41, 5.74) is 5.39. The van der Waals surface area contributed by atoms with Gasteiger partial charge in [0.05, 0.1) is 22.6 Å². The van der Waals surface area contributed by atoms with E-state index in [2.05, 4.69) is 52.9 Å². The van der Waals surface area contributed by atoms with E-state index in [0.29, 0.717) is 5.92 Å². The molecule has 1 aliphatic heterocycles. The predicted octanol–water partition coefficient (Wildman–Crippen LogP) is 4.49. The number of fused-ring (bicyclic) bond motifs is 2. The molecule has 1 amide bonds. The van der Waals surface area contributed by atoms with Crippen LogP contribution in [0.2, 0.25) is 0 Å². The molecule has 0 bridgehead atoms. The van der Waals surface area contributed by atoms with E-state index in [1.54, 1.807) is 4.90 Å². The number of nitrogens with zero attached hydrogens (tertiary/aromatic N) is 2. The van der Waals surface area contributed by atoms with E-state index in [0.717, 1.165) is 47.4 Å². The van der Waals surface area contributed by atoms with Gasteiger partial charge in [0, 0.05) is 18.9 Å². The van der Waals surface area contributed by atoms with Gasteiger partial charge < -0.3 is 9.80 Å². The van der Waals surface area contributed by atoms with Crippen molar-refractivity contribution in [1.82, 2.24) is 0 Å². The van der Waals surface area contributed by atoms with Gasteiger partial charge in [-0.3, -0.25) is 4.79 Å². The Balaban J connectivity index is 2.23. The number of hydrogen-bond donors (Lipinski definition) is 0. The Kier molecular flexibility index (Phi) is 4.62. The van der Waals surface area contributed by atoms with E-state index in [4.69, 9.17) is 0 Å². The molecule has 1 unspecified atom stereocenters. The molecular formula is C19H23BrN2O. The van der Waals surface area contributed by atoms with Crippen molar-refractivity contribution < 1.29 is 4.79 Å². The second-order valence-electron chi connectivity index (χ2n) is 6.33. The number of amides is 1. The maximum Gasteiger partial charge on any atom is 0.259 e. The minimum atomic E-state index is 0.0973. The van der Waals surface area contributed by atoms with Crippen molar-refractivity contribution in [3.8, 4) is 0 Å². The maximum atomic E-state index is 13.0. The number of para-hydroxylation sites is 2. The van der Waals surface area contributed by atoms with E-state index in [1.807, 2.05) is 19.2 Å². The molecule has 4 heteroatoms. The van der Waals surface area contributed by atoms with Crippen LogP contribution in [0.3, 0.4) is 0 Å². The number of benzene rings is 1. The topological polar surface area (TPSA) is 23.6 Å². The highest BCUT2D eigenvalue weighted by atomic mass is 79.9. The molecule has 0 aromatic heterocycles. The van der Waals surface area contributed by atoms with Crippen LogP contribution in [0, 0.1) is 5.92 Å². The van der Waals surface area contributed by atoms with Crippen molar-refractivity contribution in [3.05, 3.63) is 47.2 Å². The number of hydrogen-bond acceptors (Lipinski definition) is 2. The van der Waals surface area contributed by atoms with Crippen LogP contribution in [0.5, 0.6) is 0 Å². The average Bonchev–Trinajstić information content (AvgIpc) is 2.65. The van der Waals surface area contributed by atoms with Crippen molar-refractivity contribution in [3.63, 3.8) is 0 Å². The fourth-order valence-corrected chi connectivity index (χ4v) is 3.65. The number of allylic oxidation sites excluding steroid dienone is 2. The minimum Gasteiger partial charge on any atom is -0.339 e. The third-order valence-corrected chi connectivity index (χ3v) is 5.46. The maximum absolute atomic E-state index is 13.0. The fraction of sp³-hybridized carbons (Fsp3) is 0.421. The summed E-state index contributed by atoms with van der Waals surface area (Å²) in [7, 11) is 1.88. The Bertz CT molecular complexity index is 692. The lowest BCUT2D eigenvalue weighted by molar-refractivity contribution is -0.114. The molecule has 0 fully saturated rings. The van der Waals surface area contributed by atoms with Crippen LogP contribution in [-0.2, 0) is 4.79 Å². The van der Waals surface area contributed by atoms with Gasteiger partial charge in [-0.1, -0.05) is 41.1 Å². The standard InChI is InChI=1S/C19H23BrN2O/c1-13-9-10-15-18(14(13)2)22(12-6-11-20)17-8-5-4-7-16(17)21(3)19(15)23/h4-5,7-8,10,13H,6,9,11-12H2,1-3H3. The molecule has 2 aliphatic rings. The second kappa shape index (κ2) is 6.52. The van der Waals surface area contributed by atoms with Crippen LogP contribution in [0.4, 0.5) is 11.4 Å². The summed E-state index contributed by atoms with van der Waals surface area (Å²) in [6.45, 7) is 5.32. The molecule has 3 nitrogen and oxygen atoms in total. The number of halogens is 1. The Labute approximate surface area is 146 Å². The molecule has 0 N–H and O–H groups in total. The summed E-state index contributed by atoms with van der Waals surface area (Å²) in [5, 5.41) is 0.955. The van der Waals surface area contributed by atoms with Crippen LogP contribution < -0.4 is 9.80 Å². The number of carbonyl (C=O) groups is 1. The normalized spacial score (nSPS) is 21.0. The lowest BCUT2D eigenvalue weighted by Gasteiger charge is -2.32. The van der Waals surface area contributed by atoms with Crippen molar-refractivity contribution >= 4 is 33.2 Å². The van der Waals surface area contributed by atoms with Gasteiger partial charge in [-0.25, -0.2) is 0 Å². The highest BCUT2D eigenvalue weighted by Crippen LogP contribution is 2.42. The molecular weight excluding hydrogens is 352 g/mol. The predicted molar refractivity (Wildman–Crippen MR) is 100 cm³/mol. The first-order valence-electron chi connectivity index (χ1n) is 8.18. The van der Waals surface area contributed by atoms with Crippen LogP contribution in [0.15, 0.2) is 47.2 Å². The van der Waals surface area contributed by atoms with Gasteiger partial charge in [0.1, 0.15) is 0 Å². The highest BCUT2D eigenvalue weighted by molar-refractivity contribution is 9.09.